The molecule has 0 spiro atoms. The molecule has 1 aromatic heterocycles. The van der Waals surface area contributed by atoms with E-state index in [2.05, 4.69) is 15.0 Å². The topological polar surface area (TPSA) is 111 Å². The van der Waals surface area contributed by atoms with Gasteiger partial charge in [0, 0.05) is 13.1 Å². The fourth-order valence-corrected chi connectivity index (χ4v) is 2.92. The number of rotatable bonds is 3. The normalized spacial score (nSPS) is 16.5. The van der Waals surface area contributed by atoms with Crippen LogP contribution in [0.25, 0.3) is 0 Å². The average molecular weight is 296 g/mol. The van der Waals surface area contributed by atoms with Crippen molar-refractivity contribution in [3.8, 4) is 0 Å². The van der Waals surface area contributed by atoms with E-state index < -0.39 is 0 Å². The minimum atomic E-state index is 0.0821. The van der Waals surface area contributed by atoms with Gasteiger partial charge >= 0.3 is 0 Å². The summed E-state index contributed by atoms with van der Waals surface area (Å²) < 4.78 is 0. The largest absolute Gasteiger partial charge is 0.368 e. The zero-order valence-corrected chi connectivity index (χ0v) is 12.2. The molecule has 8 heteroatoms. The number of hydrogen-bond acceptors (Lipinski definition) is 7. The van der Waals surface area contributed by atoms with Gasteiger partial charge in [-0.15, -0.1) is 0 Å². The lowest BCUT2D eigenvalue weighted by Crippen LogP contribution is -2.35. The average Bonchev–Trinajstić information content (AvgIpc) is 2.34. The zero-order valence-electron chi connectivity index (χ0n) is 11.4. The molecule has 7 nitrogen and oxygen atoms in total. The summed E-state index contributed by atoms with van der Waals surface area (Å²) >= 11 is 1.25. The van der Waals surface area contributed by atoms with Crippen molar-refractivity contribution >= 4 is 29.6 Å². The maximum absolute atomic E-state index is 12.2. The van der Waals surface area contributed by atoms with Crippen molar-refractivity contribution in [3.63, 3.8) is 0 Å². The molecule has 1 aromatic rings. The lowest BCUT2D eigenvalue weighted by atomic mass is 10.1. The highest BCUT2D eigenvalue weighted by Gasteiger charge is 2.15. The van der Waals surface area contributed by atoms with Crippen LogP contribution < -0.4 is 11.5 Å². The Morgan fingerprint density at radius 2 is 1.55 bits per heavy atom. The van der Waals surface area contributed by atoms with Gasteiger partial charge in [-0.2, -0.15) is 15.0 Å². The van der Waals surface area contributed by atoms with E-state index in [1.54, 1.807) is 0 Å². The smallest absolute Gasteiger partial charge is 0.233 e. The minimum Gasteiger partial charge on any atom is -0.368 e. The highest BCUT2D eigenvalue weighted by atomic mass is 32.2. The van der Waals surface area contributed by atoms with Gasteiger partial charge < -0.3 is 16.4 Å². The number of nitrogen functional groups attached to an aromatic ring is 2. The van der Waals surface area contributed by atoms with Crippen molar-refractivity contribution in [2.45, 2.75) is 37.3 Å². The Morgan fingerprint density at radius 3 is 2.15 bits per heavy atom. The molecule has 0 unspecified atom stereocenters. The first kappa shape index (κ1) is 14.8. The van der Waals surface area contributed by atoms with Gasteiger partial charge in [0.15, 0.2) is 5.16 Å². The van der Waals surface area contributed by atoms with Gasteiger partial charge in [-0.3, -0.25) is 4.79 Å². The van der Waals surface area contributed by atoms with E-state index in [9.17, 15) is 4.79 Å². The Bertz CT molecular complexity index is 441. The summed E-state index contributed by atoms with van der Waals surface area (Å²) in [4.78, 5) is 25.7. The predicted octanol–water partition coefficient (Wildman–Crippen LogP) is 0.921. The van der Waals surface area contributed by atoms with Crippen LogP contribution in [-0.2, 0) is 4.79 Å². The van der Waals surface area contributed by atoms with Crippen LogP contribution >= 0.6 is 11.8 Å². The first-order valence-corrected chi connectivity index (χ1v) is 7.81. The van der Waals surface area contributed by atoms with E-state index in [-0.39, 0.29) is 17.8 Å². The number of carbonyl (C=O) groups excluding carboxylic acids is 1. The summed E-state index contributed by atoms with van der Waals surface area (Å²) in [6.07, 6.45) is 5.86. The molecule has 0 radical (unpaired) electrons. The molecule has 1 fully saturated rings. The molecule has 4 N–H and O–H groups in total. The molecule has 20 heavy (non-hydrogen) atoms. The molecule has 110 valence electrons. The highest BCUT2D eigenvalue weighted by Crippen LogP contribution is 2.17. The second-order valence-corrected chi connectivity index (χ2v) is 5.71. The van der Waals surface area contributed by atoms with Crippen LogP contribution in [-0.4, -0.2) is 44.6 Å². The van der Waals surface area contributed by atoms with Gasteiger partial charge in [-0.25, -0.2) is 0 Å². The Morgan fingerprint density at radius 1 is 1.00 bits per heavy atom. The summed E-state index contributed by atoms with van der Waals surface area (Å²) in [5.41, 5.74) is 11.0. The minimum absolute atomic E-state index is 0.0821. The van der Waals surface area contributed by atoms with Crippen molar-refractivity contribution in [1.82, 2.24) is 19.9 Å². The second kappa shape index (κ2) is 7.28. The maximum Gasteiger partial charge on any atom is 0.233 e. The van der Waals surface area contributed by atoms with Crippen molar-refractivity contribution in [1.29, 1.82) is 0 Å². The van der Waals surface area contributed by atoms with Gasteiger partial charge in [0.2, 0.25) is 17.8 Å². The predicted molar refractivity (Wildman–Crippen MR) is 79.0 cm³/mol. The van der Waals surface area contributed by atoms with Crippen LogP contribution in [0.3, 0.4) is 0 Å². The van der Waals surface area contributed by atoms with Gasteiger partial charge in [0.25, 0.3) is 0 Å². The highest BCUT2D eigenvalue weighted by molar-refractivity contribution is 7.99. The molecular weight excluding hydrogens is 276 g/mol. The SMILES string of the molecule is Nc1nc(N)nc(SCC(=O)N2CCCCCCC2)n1. The first-order chi connectivity index (χ1) is 9.65. The molecule has 0 aliphatic carbocycles. The third-order valence-electron chi connectivity index (χ3n) is 3.18. The van der Waals surface area contributed by atoms with Crippen LogP contribution in [0.15, 0.2) is 5.16 Å². The molecule has 0 aromatic carbocycles. The van der Waals surface area contributed by atoms with Crippen LogP contribution in [0.4, 0.5) is 11.9 Å². The number of carbonyl (C=O) groups is 1. The molecule has 1 amide bonds. The lowest BCUT2D eigenvalue weighted by molar-refractivity contribution is -0.128. The summed E-state index contributed by atoms with van der Waals surface area (Å²) in [6.45, 7) is 1.70. The van der Waals surface area contributed by atoms with Crippen molar-refractivity contribution in [3.05, 3.63) is 0 Å². The van der Waals surface area contributed by atoms with Gasteiger partial charge in [0.1, 0.15) is 0 Å². The third kappa shape index (κ3) is 4.52. The van der Waals surface area contributed by atoms with Crippen LogP contribution in [0.1, 0.15) is 32.1 Å². The number of hydrogen-bond donors (Lipinski definition) is 2. The molecule has 1 saturated heterocycles. The molecule has 0 saturated carbocycles. The Labute approximate surface area is 122 Å². The molecule has 0 bridgehead atoms. The van der Waals surface area contributed by atoms with E-state index in [4.69, 9.17) is 11.5 Å². The monoisotopic (exact) mass is 296 g/mol. The van der Waals surface area contributed by atoms with Crippen molar-refractivity contribution < 1.29 is 4.79 Å². The third-order valence-corrected chi connectivity index (χ3v) is 4.02. The quantitative estimate of drug-likeness (QED) is 0.798. The number of aromatic nitrogens is 3. The summed E-state index contributed by atoms with van der Waals surface area (Å²) in [5, 5.41) is 0.399. The standard InChI is InChI=1S/C12H20N6OS/c13-10-15-11(14)17-12(16-10)20-8-9(19)18-6-4-2-1-3-5-7-18/h1-8H2,(H4,13,14,15,16,17). The summed E-state index contributed by atoms with van der Waals surface area (Å²) in [6, 6.07) is 0. The number of amides is 1. The van der Waals surface area contributed by atoms with Crippen LogP contribution in [0, 0.1) is 0 Å². The van der Waals surface area contributed by atoms with Gasteiger partial charge in [-0.1, -0.05) is 31.0 Å². The second-order valence-electron chi connectivity index (χ2n) is 4.77. The fraction of sp³-hybridized carbons (Fsp3) is 0.667. The van der Waals surface area contributed by atoms with E-state index >= 15 is 0 Å². The van der Waals surface area contributed by atoms with Crippen molar-refractivity contribution in [2.24, 2.45) is 0 Å². The summed E-state index contributed by atoms with van der Waals surface area (Å²) in [7, 11) is 0. The van der Waals surface area contributed by atoms with Gasteiger partial charge in [-0.05, 0) is 12.8 Å². The first-order valence-electron chi connectivity index (χ1n) is 6.83. The molecule has 2 heterocycles. The van der Waals surface area contributed by atoms with E-state index in [0.717, 1.165) is 25.9 Å². The van der Waals surface area contributed by atoms with E-state index in [1.165, 1.54) is 31.0 Å². The molecule has 1 aliphatic rings. The Kier molecular flexibility index (Phi) is 5.40. The van der Waals surface area contributed by atoms with Crippen LogP contribution in [0.2, 0.25) is 0 Å². The van der Waals surface area contributed by atoms with Crippen LogP contribution in [0.5, 0.6) is 0 Å². The number of nitrogens with zero attached hydrogens (tertiary/aromatic N) is 4. The maximum atomic E-state index is 12.2. The number of thioether (sulfide) groups is 1. The number of anilines is 2. The van der Waals surface area contributed by atoms with Gasteiger partial charge in [0.05, 0.1) is 5.75 Å². The molecule has 2 rings (SSSR count). The van der Waals surface area contributed by atoms with Crippen molar-refractivity contribution in [2.75, 3.05) is 30.3 Å². The zero-order chi connectivity index (χ0) is 14.4. The fourth-order valence-electron chi connectivity index (χ4n) is 2.17. The Hall–Kier alpha value is -1.57. The molecule has 1 aliphatic heterocycles. The number of nitrogens with two attached hydrogens (primary N) is 2. The van der Waals surface area contributed by atoms with E-state index in [0.29, 0.717) is 10.9 Å². The summed E-state index contributed by atoms with van der Waals surface area (Å²) in [5.74, 6) is 0.593. The molecular formula is C12H20N6OS. The Balaban J connectivity index is 1.87. The lowest BCUT2D eigenvalue weighted by Gasteiger charge is -2.24. The number of likely N-dealkylation sites (tertiary alicyclic amines) is 1. The molecule has 0 atom stereocenters. The van der Waals surface area contributed by atoms with E-state index in [1.807, 2.05) is 4.90 Å².